The molecule has 5 nitrogen and oxygen atoms in total. The molecule has 2 aromatic heterocycles. The molecule has 0 saturated carbocycles. The van der Waals surface area contributed by atoms with E-state index in [0.29, 0.717) is 27.7 Å². The first-order valence-corrected chi connectivity index (χ1v) is 7.27. The van der Waals surface area contributed by atoms with Crippen LogP contribution in [0, 0.1) is 18.3 Å². The van der Waals surface area contributed by atoms with Crippen LogP contribution in [0.25, 0.3) is 5.65 Å². The molecule has 0 spiro atoms. The van der Waals surface area contributed by atoms with Crippen molar-refractivity contribution in [3.63, 3.8) is 0 Å². The highest BCUT2D eigenvalue weighted by atomic mass is 35.5. The minimum atomic E-state index is -0.155. The summed E-state index contributed by atoms with van der Waals surface area (Å²) in [4.78, 5) is 16.6. The summed E-state index contributed by atoms with van der Waals surface area (Å²) in [6.45, 7) is 1.97. The second-order valence-electron chi connectivity index (χ2n) is 4.99. The van der Waals surface area contributed by atoms with Gasteiger partial charge in [0.15, 0.2) is 0 Å². The van der Waals surface area contributed by atoms with E-state index in [1.807, 2.05) is 25.1 Å². The van der Waals surface area contributed by atoms with Crippen LogP contribution in [0.4, 0.5) is 0 Å². The van der Waals surface area contributed by atoms with Gasteiger partial charge in [-0.3, -0.25) is 9.20 Å². The molecule has 0 N–H and O–H groups in total. The second-order valence-corrected chi connectivity index (χ2v) is 5.40. The number of rotatable bonds is 3. The van der Waals surface area contributed by atoms with Crippen molar-refractivity contribution in [3.05, 3.63) is 74.8 Å². The highest BCUT2D eigenvalue weighted by Crippen LogP contribution is 2.25. The number of benzene rings is 1. The highest BCUT2D eigenvalue weighted by Gasteiger charge is 2.07. The van der Waals surface area contributed by atoms with Crippen LogP contribution in [0.15, 0.2) is 47.3 Å². The topological polar surface area (TPSA) is 67.4 Å². The van der Waals surface area contributed by atoms with Gasteiger partial charge in [0.1, 0.15) is 18.0 Å². The number of ether oxygens (including phenoxy) is 1. The van der Waals surface area contributed by atoms with Crippen molar-refractivity contribution in [1.82, 2.24) is 9.38 Å². The van der Waals surface area contributed by atoms with E-state index in [-0.39, 0.29) is 12.2 Å². The molecule has 0 amide bonds. The Kier molecular flexibility index (Phi) is 4.00. The van der Waals surface area contributed by atoms with E-state index < -0.39 is 0 Å². The first-order chi connectivity index (χ1) is 11.1. The maximum absolute atomic E-state index is 12.2. The van der Waals surface area contributed by atoms with Crippen molar-refractivity contribution in [3.8, 4) is 11.8 Å². The van der Waals surface area contributed by atoms with Crippen LogP contribution in [-0.4, -0.2) is 9.38 Å². The molecule has 0 aliphatic rings. The van der Waals surface area contributed by atoms with E-state index in [1.165, 1.54) is 16.5 Å². The first-order valence-electron chi connectivity index (χ1n) is 6.89. The average Bonchev–Trinajstić information content (AvgIpc) is 2.53. The van der Waals surface area contributed by atoms with Crippen molar-refractivity contribution in [2.24, 2.45) is 0 Å². The number of aromatic nitrogens is 2. The lowest BCUT2D eigenvalue weighted by atomic mass is 10.2. The molecule has 0 aliphatic carbocycles. The van der Waals surface area contributed by atoms with Crippen molar-refractivity contribution in [1.29, 1.82) is 5.26 Å². The third kappa shape index (κ3) is 3.03. The lowest BCUT2D eigenvalue weighted by molar-refractivity contribution is 0.301. The van der Waals surface area contributed by atoms with Gasteiger partial charge in [-0.1, -0.05) is 17.7 Å². The fourth-order valence-corrected chi connectivity index (χ4v) is 2.51. The Bertz CT molecular complexity index is 989. The summed E-state index contributed by atoms with van der Waals surface area (Å²) < 4.78 is 7.14. The number of hydrogen-bond donors (Lipinski definition) is 0. The summed E-state index contributed by atoms with van der Waals surface area (Å²) in [6, 6.07) is 13.7. The Morgan fingerprint density at radius 1 is 1.30 bits per heavy atom. The van der Waals surface area contributed by atoms with Crippen LogP contribution >= 0.6 is 11.6 Å². The van der Waals surface area contributed by atoms with E-state index in [9.17, 15) is 4.79 Å². The van der Waals surface area contributed by atoms with Crippen LogP contribution in [0.3, 0.4) is 0 Å². The molecule has 0 aliphatic heterocycles. The standard InChI is InChI=1S/C17H12ClN3O2/c1-11-3-2-4-16-20-13(8-17(22)21(11)16)10-23-15-6-5-12(9-19)7-14(15)18/h2-8H,10H2,1H3. The Morgan fingerprint density at radius 3 is 2.87 bits per heavy atom. The van der Waals surface area contributed by atoms with Gasteiger partial charge in [-0.25, -0.2) is 4.98 Å². The number of nitrogens with zero attached hydrogens (tertiary/aromatic N) is 3. The third-order valence-electron chi connectivity index (χ3n) is 3.37. The van der Waals surface area contributed by atoms with Gasteiger partial charge in [-0.2, -0.15) is 5.26 Å². The monoisotopic (exact) mass is 325 g/mol. The van der Waals surface area contributed by atoms with Crippen molar-refractivity contribution in [2.45, 2.75) is 13.5 Å². The van der Waals surface area contributed by atoms with Gasteiger partial charge >= 0.3 is 0 Å². The predicted molar refractivity (Wildman–Crippen MR) is 86.7 cm³/mol. The molecule has 0 saturated heterocycles. The summed E-state index contributed by atoms with van der Waals surface area (Å²) in [5.41, 5.74) is 2.21. The Labute approximate surface area is 137 Å². The van der Waals surface area contributed by atoms with Crippen LogP contribution in [-0.2, 0) is 6.61 Å². The molecule has 0 fully saturated rings. The quantitative estimate of drug-likeness (QED) is 0.742. The number of pyridine rings is 1. The van der Waals surface area contributed by atoms with E-state index in [2.05, 4.69) is 4.98 Å². The Morgan fingerprint density at radius 2 is 2.13 bits per heavy atom. The molecule has 0 atom stereocenters. The van der Waals surface area contributed by atoms with Gasteiger partial charge in [0, 0.05) is 11.8 Å². The molecule has 23 heavy (non-hydrogen) atoms. The summed E-state index contributed by atoms with van der Waals surface area (Å²) in [7, 11) is 0. The van der Waals surface area contributed by atoms with Gasteiger partial charge in [0.25, 0.3) is 5.56 Å². The molecule has 114 valence electrons. The lowest BCUT2D eigenvalue weighted by Gasteiger charge is -2.09. The van der Waals surface area contributed by atoms with Crippen LogP contribution in [0.2, 0.25) is 5.02 Å². The van der Waals surface area contributed by atoms with Gasteiger partial charge in [-0.05, 0) is 37.3 Å². The smallest absolute Gasteiger partial charge is 0.258 e. The summed E-state index contributed by atoms with van der Waals surface area (Å²) >= 11 is 6.06. The number of aryl methyl sites for hydroxylation is 1. The number of halogens is 1. The lowest BCUT2D eigenvalue weighted by Crippen LogP contribution is -2.18. The van der Waals surface area contributed by atoms with E-state index in [4.69, 9.17) is 21.6 Å². The van der Waals surface area contributed by atoms with Gasteiger partial charge in [0.2, 0.25) is 0 Å². The zero-order valence-corrected chi connectivity index (χ0v) is 13.0. The van der Waals surface area contributed by atoms with Gasteiger partial charge < -0.3 is 4.74 Å². The molecule has 6 heteroatoms. The van der Waals surface area contributed by atoms with Crippen LogP contribution in [0.1, 0.15) is 17.0 Å². The second kappa shape index (κ2) is 6.11. The maximum atomic E-state index is 12.2. The molecular formula is C17H12ClN3O2. The molecule has 0 radical (unpaired) electrons. The number of fused-ring (bicyclic) bond motifs is 1. The number of hydrogen-bond acceptors (Lipinski definition) is 4. The van der Waals surface area contributed by atoms with E-state index in [1.54, 1.807) is 18.2 Å². The molecule has 2 heterocycles. The third-order valence-corrected chi connectivity index (χ3v) is 3.67. The minimum absolute atomic E-state index is 0.116. The Hall–Kier alpha value is -2.84. The highest BCUT2D eigenvalue weighted by molar-refractivity contribution is 6.32. The zero-order chi connectivity index (χ0) is 16.4. The average molecular weight is 326 g/mol. The summed E-state index contributed by atoms with van der Waals surface area (Å²) in [5, 5.41) is 9.16. The fraction of sp³-hybridized carbons (Fsp3) is 0.118. The summed E-state index contributed by atoms with van der Waals surface area (Å²) in [5.74, 6) is 0.442. The van der Waals surface area contributed by atoms with Gasteiger partial charge in [-0.15, -0.1) is 0 Å². The van der Waals surface area contributed by atoms with Crippen LogP contribution in [0.5, 0.6) is 5.75 Å². The normalized spacial score (nSPS) is 10.5. The first kappa shape index (κ1) is 15.1. The zero-order valence-electron chi connectivity index (χ0n) is 12.3. The van der Waals surface area contributed by atoms with E-state index >= 15 is 0 Å². The minimum Gasteiger partial charge on any atom is -0.486 e. The SMILES string of the molecule is Cc1cccc2nc(COc3ccc(C#N)cc3Cl)cc(=O)n12. The fourth-order valence-electron chi connectivity index (χ4n) is 2.28. The van der Waals surface area contributed by atoms with Gasteiger partial charge in [0.05, 0.1) is 22.3 Å². The van der Waals surface area contributed by atoms with Crippen molar-refractivity contribution < 1.29 is 4.74 Å². The maximum Gasteiger partial charge on any atom is 0.258 e. The van der Waals surface area contributed by atoms with Crippen molar-refractivity contribution in [2.75, 3.05) is 0 Å². The molecule has 0 unspecified atom stereocenters. The predicted octanol–water partition coefficient (Wildman–Crippen LogP) is 3.11. The van der Waals surface area contributed by atoms with E-state index in [0.717, 1.165) is 5.69 Å². The molecular weight excluding hydrogens is 314 g/mol. The Balaban J connectivity index is 1.88. The molecule has 3 aromatic rings. The van der Waals surface area contributed by atoms with Crippen LogP contribution < -0.4 is 10.3 Å². The number of nitriles is 1. The summed E-state index contributed by atoms with van der Waals surface area (Å²) in [6.07, 6.45) is 0. The molecule has 1 aromatic carbocycles. The largest absolute Gasteiger partial charge is 0.486 e. The molecule has 3 rings (SSSR count). The molecule has 0 bridgehead atoms. The van der Waals surface area contributed by atoms with Crippen molar-refractivity contribution >= 4 is 17.2 Å².